The molecule has 4 heteroatoms. The van der Waals surface area contributed by atoms with E-state index in [1.54, 1.807) is 0 Å². The van der Waals surface area contributed by atoms with Crippen molar-refractivity contribution >= 4 is 0 Å². The van der Waals surface area contributed by atoms with Crippen LogP contribution in [0.4, 0.5) is 0 Å². The molecule has 78 valence electrons. The Labute approximate surface area is 79.1 Å². The molecule has 0 unspecified atom stereocenters. The fraction of sp³-hybridized carbons (Fsp3) is 1.00. The first-order chi connectivity index (χ1) is 6.33. The van der Waals surface area contributed by atoms with E-state index in [-0.39, 0.29) is 0 Å². The summed E-state index contributed by atoms with van der Waals surface area (Å²) in [6.07, 6.45) is 0.639. The molecule has 1 rings (SSSR count). The predicted octanol–water partition coefficient (Wildman–Crippen LogP) is 1.50. The molecule has 0 aromatic heterocycles. The van der Waals surface area contributed by atoms with Crippen molar-refractivity contribution in [3.8, 4) is 0 Å². The molecule has 0 bridgehead atoms. The lowest BCUT2D eigenvalue weighted by molar-refractivity contribution is -0.463. The molecule has 0 spiro atoms. The standard InChI is InChI=1S/C9H18O4/c1-3-5-10-9(11-6-4-2)12-7-8-13-9/h3-8H2,1-2H3. The molecule has 1 aliphatic rings. The van der Waals surface area contributed by atoms with Crippen LogP contribution < -0.4 is 0 Å². The topological polar surface area (TPSA) is 36.9 Å². The molecule has 0 N–H and O–H groups in total. The van der Waals surface area contributed by atoms with Gasteiger partial charge in [-0.25, -0.2) is 0 Å². The normalized spacial score (nSPS) is 20.8. The van der Waals surface area contributed by atoms with Crippen LogP contribution in [0.25, 0.3) is 0 Å². The second kappa shape index (κ2) is 5.54. The highest BCUT2D eigenvalue weighted by Crippen LogP contribution is 2.22. The maximum atomic E-state index is 5.38. The van der Waals surface area contributed by atoms with E-state index in [1.165, 1.54) is 0 Å². The molecule has 4 nitrogen and oxygen atoms in total. The summed E-state index contributed by atoms with van der Waals surface area (Å²) in [6.45, 7) is 6.30. The van der Waals surface area contributed by atoms with Crippen LogP contribution in [0.2, 0.25) is 0 Å². The third-order valence-electron chi connectivity index (χ3n) is 1.61. The predicted molar refractivity (Wildman–Crippen MR) is 47.1 cm³/mol. The molecule has 0 radical (unpaired) electrons. The molecule has 0 aliphatic carbocycles. The van der Waals surface area contributed by atoms with Crippen LogP contribution in [0.5, 0.6) is 0 Å². The van der Waals surface area contributed by atoms with E-state index in [0.29, 0.717) is 26.4 Å². The second-order valence-electron chi connectivity index (χ2n) is 2.89. The van der Waals surface area contributed by atoms with Crippen molar-refractivity contribution in [2.45, 2.75) is 32.8 Å². The molecule has 1 saturated heterocycles. The van der Waals surface area contributed by atoms with Gasteiger partial charge in [0.25, 0.3) is 0 Å². The number of hydrogen-bond acceptors (Lipinski definition) is 4. The Bertz CT molecular complexity index is 122. The van der Waals surface area contributed by atoms with Gasteiger partial charge in [-0.3, -0.25) is 0 Å². The molecule has 0 saturated carbocycles. The lowest BCUT2D eigenvalue weighted by Crippen LogP contribution is -2.37. The van der Waals surface area contributed by atoms with E-state index in [9.17, 15) is 0 Å². The highest BCUT2D eigenvalue weighted by Gasteiger charge is 2.39. The highest BCUT2D eigenvalue weighted by atomic mass is 17.0. The lowest BCUT2D eigenvalue weighted by atomic mass is 10.5. The number of hydrogen-bond donors (Lipinski definition) is 0. The number of rotatable bonds is 6. The monoisotopic (exact) mass is 190 g/mol. The lowest BCUT2D eigenvalue weighted by Gasteiger charge is -2.25. The van der Waals surface area contributed by atoms with Gasteiger partial charge in [0, 0.05) is 0 Å². The second-order valence-corrected chi connectivity index (χ2v) is 2.89. The van der Waals surface area contributed by atoms with Crippen molar-refractivity contribution in [3.05, 3.63) is 0 Å². The average Bonchev–Trinajstić information content (AvgIpc) is 2.61. The molecule has 0 aromatic carbocycles. The summed E-state index contributed by atoms with van der Waals surface area (Å²) in [5.74, 6) is 0. The maximum absolute atomic E-state index is 5.38. The fourth-order valence-corrected chi connectivity index (χ4v) is 1.04. The van der Waals surface area contributed by atoms with E-state index >= 15 is 0 Å². The summed E-state index contributed by atoms with van der Waals surface area (Å²) in [5.41, 5.74) is 0. The zero-order valence-electron chi connectivity index (χ0n) is 8.38. The van der Waals surface area contributed by atoms with Gasteiger partial charge in [0.15, 0.2) is 0 Å². The molecular weight excluding hydrogens is 172 g/mol. The summed E-state index contributed by atoms with van der Waals surface area (Å²) in [6, 6.07) is 0. The Kier molecular flexibility index (Phi) is 4.66. The minimum atomic E-state index is -1.20. The molecule has 0 atom stereocenters. The zero-order chi connectivity index (χ0) is 9.57. The SMILES string of the molecule is CCCOC1(OCCC)OCCO1. The van der Waals surface area contributed by atoms with Crippen molar-refractivity contribution in [2.75, 3.05) is 26.4 Å². The Morgan fingerprint density at radius 2 is 1.46 bits per heavy atom. The van der Waals surface area contributed by atoms with Crippen molar-refractivity contribution in [1.82, 2.24) is 0 Å². The van der Waals surface area contributed by atoms with E-state index in [0.717, 1.165) is 12.8 Å². The van der Waals surface area contributed by atoms with E-state index in [2.05, 4.69) is 0 Å². The van der Waals surface area contributed by atoms with Gasteiger partial charge in [0.2, 0.25) is 0 Å². The van der Waals surface area contributed by atoms with Crippen molar-refractivity contribution in [2.24, 2.45) is 0 Å². The first-order valence-electron chi connectivity index (χ1n) is 4.89. The molecule has 1 aliphatic heterocycles. The zero-order valence-corrected chi connectivity index (χ0v) is 8.38. The van der Waals surface area contributed by atoms with E-state index in [1.807, 2.05) is 13.8 Å². The average molecular weight is 190 g/mol. The molecule has 1 heterocycles. The van der Waals surface area contributed by atoms with Gasteiger partial charge in [0.1, 0.15) is 0 Å². The van der Waals surface area contributed by atoms with Crippen LogP contribution >= 0.6 is 0 Å². The minimum absolute atomic E-state index is 0.535. The van der Waals surface area contributed by atoms with Crippen LogP contribution in [-0.4, -0.2) is 32.6 Å². The Hall–Kier alpha value is -0.160. The molecular formula is C9H18O4. The summed E-state index contributed by atoms with van der Waals surface area (Å²) >= 11 is 0. The van der Waals surface area contributed by atoms with Crippen molar-refractivity contribution in [3.63, 3.8) is 0 Å². The summed E-state index contributed by atoms with van der Waals surface area (Å²) in [4.78, 5) is 0. The van der Waals surface area contributed by atoms with E-state index < -0.39 is 6.16 Å². The van der Waals surface area contributed by atoms with Gasteiger partial charge in [-0.15, -0.1) is 0 Å². The third-order valence-corrected chi connectivity index (χ3v) is 1.61. The van der Waals surface area contributed by atoms with Crippen LogP contribution in [0.1, 0.15) is 26.7 Å². The van der Waals surface area contributed by atoms with Gasteiger partial charge in [0.05, 0.1) is 26.4 Å². The summed E-state index contributed by atoms with van der Waals surface area (Å²) in [7, 11) is 0. The van der Waals surface area contributed by atoms with Crippen LogP contribution in [-0.2, 0) is 18.9 Å². The number of ether oxygens (including phenoxy) is 4. The Morgan fingerprint density at radius 1 is 1.00 bits per heavy atom. The largest absolute Gasteiger partial charge is 0.412 e. The van der Waals surface area contributed by atoms with Gasteiger partial charge < -0.3 is 18.9 Å². The van der Waals surface area contributed by atoms with Crippen LogP contribution in [0.3, 0.4) is 0 Å². The fourth-order valence-electron chi connectivity index (χ4n) is 1.04. The molecule has 13 heavy (non-hydrogen) atoms. The smallest absolute Gasteiger partial charge is 0.303 e. The van der Waals surface area contributed by atoms with Gasteiger partial charge >= 0.3 is 6.16 Å². The van der Waals surface area contributed by atoms with E-state index in [4.69, 9.17) is 18.9 Å². The summed E-state index contributed by atoms with van der Waals surface area (Å²) in [5, 5.41) is 0. The van der Waals surface area contributed by atoms with Gasteiger partial charge in [-0.05, 0) is 12.8 Å². The van der Waals surface area contributed by atoms with Gasteiger partial charge in [-0.2, -0.15) is 0 Å². The molecule has 0 aromatic rings. The first-order valence-corrected chi connectivity index (χ1v) is 4.89. The quantitative estimate of drug-likeness (QED) is 0.595. The summed E-state index contributed by atoms with van der Waals surface area (Å²) < 4.78 is 21.3. The first kappa shape index (κ1) is 10.9. The van der Waals surface area contributed by atoms with Crippen LogP contribution in [0, 0.1) is 0 Å². The van der Waals surface area contributed by atoms with Gasteiger partial charge in [-0.1, -0.05) is 13.8 Å². The highest BCUT2D eigenvalue weighted by molar-refractivity contribution is 4.51. The Balaban J connectivity index is 2.33. The Morgan fingerprint density at radius 3 is 1.85 bits per heavy atom. The molecule has 1 fully saturated rings. The molecule has 0 amide bonds. The van der Waals surface area contributed by atoms with Crippen molar-refractivity contribution < 1.29 is 18.9 Å². The maximum Gasteiger partial charge on any atom is 0.412 e. The van der Waals surface area contributed by atoms with Crippen LogP contribution in [0.15, 0.2) is 0 Å². The third kappa shape index (κ3) is 3.23. The minimum Gasteiger partial charge on any atom is -0.303 e. The van der Waals surface area contributed by atoms with Crippen molar-refractivity contribution in [1.29, 1.82) is 0 Å².